The number of nitrogens with two attached hydrogens (primary N) is 1. The number of carbonyl (C=O) groups excluding carboxylic acids is 1. The molecule has 0 fully saturated rings. The van der Waals surface area contributed by atoms with E-state index < -0.39 is 6.09 Å². The zero-order valence-electron chi connectivity index (χ0n) is 13.2. The van der Waals surface area contributed by atoms with Crippen molar-refractivity contribution in [2.45, 2.75) is 6.54 Å². The summed E-state index contributed by atoms with van der Waals surface area (Å²) in [6.45, 7) is 0.488. The summed E-state index contributed by atoms with van der Waals surface area (Å²) in [5.74, 6) is -0.321. The van der Waals surface area contributed by atoms with Crippen LogP contribution in [0.15, 0.2) is 60.8 Å². The van der Waals surface area contributed by atoms with Crippen molar-refractivity contribution < 1.29 is 19.4 Å². The molecule has 0 radical (unpaired) electrons. The second-order valence-electron chi connectivity index (χ2n) is 4.92. The highest BCUT2D eigenvalue weighted by atomic mass is 16.5. The summed E-state index contributed by atoms with van der Waals surface area (Å²) in [5.41, 5.74) is 7.67. The zero-order valence-corrected chi connectivity index (χ0v) is 13.2. The average molecular weight is 326 g/mol. The van der Waals surface area contributed by atoms with Crippen LogP contribution in [0, 0.1) is 0 Å². The molecule has 3 N–H and O–H groups in total. The Morgan fingerprint density at radius 2 is 1.75 bits per heavy atom. The van der Waals surface area contributed by atoms with Gasteiger partial charge in [0.1, 0.15) is 0 Å². The lowest BCUT2D eigenvalue weighted by atomic mass is 10.1. The van der Waals surface area contributed by atoms with E-state index in [0.29, 0.717) is 12.1 Å². The van der Waals surface area contributed by atoms with Crippen LogP contribution in [-0.4, -0.2) is 28.8 Å². The van der Waals surface area contributed by atoms with Gasteiger partial charge in [-0.15, -0.1) is 0 Å². The van der Waals surface area contributed by atoms with E-state index in [1.807, 2.05) is 30.3 Å². The summed E-state index contributed by atoms with van der Waals surface area (Å²) in [7, 11) is 1.36. The number of rotatable bonds is 2. The minimum Gasteiger partial charge on any atom is -0.465 e. The molecule has 0 aliphatic heterocycles. The summed E-state index contributed by atoms with van der Waals surface area (Å²) in [5, 5.41) is 9.68. The molecule has 3 aromatic rings. The number of nitrogens with zero attached hydrogens (tertiary/aromatic N) is 1. The Hall–Kier alpha value is -3.12. The number of benzene rings is 2. The first-order valence-corrected chi connectivity index (χ1v) is 7.23. The molecule has 6 heteroatoms. The molecule has 1 aromatic heterocycles. The van der Waals surface area contributed by atoms with Gasteiger partial charge in [0.15, 0.2) is 0 Å². The van der Waals surface area contributed by atoms with Crippen molar-refractivity contribution in [1.29, 1.82) is 0 Å². The fraction of sp³-hybridized carbons (Fsp3) is 0.111. The Bertz CT molecular complexity index is 838. The first kappa shape index (κ1) is 17.2. The van der Waals surface area contributed by atoms with Crippen LogP contribution in [0.1, 0.15) is 15.9 Å². The van der Waals surface area contributed by atoms with E-state index in [0.717, 1.165) is 16.5 Å². The molecule has 0 aliphatic carbocycles. The monoisotopic (exact) mass is 326 g/mol. The SMILES string of the molecule is COC(=O)c1ccc(CN)cc1.O=C(O)n1ccc2ccccc21. The lowest BCUT2D eigenvalue weighted by molar-refractivity contribution is 0.0600. The number of esters is 1. The van der Waals surface area contributed by atoms with E-state index in [-0.39, 0.29) is 5.97 Å². The van der Waals surface area contributed by atoms with Crippen molar-refractivity contribution >= 4 is 23.0 Å². The number of para-hydroxylation sites is 1. The van der Waals surface area contributed by atoms with Crippen LogP contribution in [0.5, 0.6) is 0 Å². The number of methoxy groups -OCH3 is 1. The largest absolute Gasteiger partial charge is 0.465 e. The molecule has 0 unspecified atom stereocenters. The molecule has 0 bridgehead atoms. The van der Waals surface area contributed by atoms with Crippen LogP contribution >= 0.6 is 0 Å². The molecule has 0 aliphatic rings. The van der Waals surface area contributed by atoms with Gasteiger partial charge in [0, 0.05) is 18.1 Å². The maximum atomic E-state index is 11.0. The van der Waals surface area contributed by atoms with Crippen molar-refractivity contribution in [3.63, 3.8) is 0 Å². The van der Waals surface area contributed by atoms with Crippen LogP contribution in [-0.2, 0) is 11.3 Å². The minimum absolute atomic E-state index is 0.321. The Morgan fingerprint density at radius 1 is 1.08 bits per heavy atom. The second kappa shape index (κ2) is 7.94. The van der Waals surface area contributed by atoms with Crippen molar-refractivity contribution in [3.8, 4) is 0 Å². The smallest absolute Gasteiger partial charge is 0.415 e. The van der Waals surface area contributed by atoms with Gasteiger partial charge < -0.3 is 15.6 Å². The number of carbonyl (C=O) groups is 2. The van der Waals surface area contributed by atoms with E-state index in [4.69, 9.17) is 10.8 Å². The predicted molar refractivity (Wildman–Crippen MR) is 91.0 cm³/mol. The van der Waals surface area contributed by atoms with Gasteiger partial charge in [0.25, 0.3) is 0 Å². The van der Waals surface area contributed by atoms with Gasteiger partial charge >= 0.3 is 12.1 Å². The predicted octanol–water partition coefficient (Wildman–Crippen LogP) is 3.10. The lowest BCUT2D eigenvalue weighted by Crippen LogP contribution is -2.05. The molecule has 1 heterocycles. The van der Waals surface area contributed by atoms with Gasteiger partial charge in [-0.3, -0.25) is 4.57 Å². The molecule has 0 saturated carbocycles. The molecule has 6 nitrogen and oxygen atoms in total. The minimum atomic E-state index is -0.948. The molecule has 124 valence electrons. The summed E-state index contributed by atoms with van der Waals surface area (Å²) >= 11 is 0. The van der Waals surface area contributed by atoms with Gasteiger partial charge in [-0.25, -0.2) is 9.59 Å². The molecular weight excluding hydrogens is 308 g/mol. The van der Waals surface area contributed by atoms with Crippen molar-refractivity contribution in [2.24, 2.45) is 5.73 Å². The maximum absolute atomic E-state index is 11.0. The van der Waals surface area contributed by atoms with Crippen LogP contribution in [0.25, 0.3) is 10.9 Å². The van der Waals surface area contributed by atoms with Crippen LogP contribution in [0.2, 0.25) is 0 Å². The number of aromatic nitrogens is 1. The quantitative estimate of drug-likeness (QED) is 0.706. The van der Waals surface area contributed by atoms with Gasteiger partial charge in [-0.05, 0) is 29.8 Å². The number of ether oxygens (including phenoxy) is 1. The van der Waals surface area contributed by atoms with E-state index >= 15 is 0 Å². The van der Waals surface area contributed by atoms with Crippen molar-refractivity contribution in [3.05, 3.63) is 71.9 Å². The normalized spacial score (nSPS) is 9.92. The van der Waals surface area contributed by atoms with Gasteiger partial charge in [-0.2, -0.15) is 0 Å². The molecule has 0 spiro atoms. The summed E-state index contributed by atoms with van der Waals surface area (Å²) in [4.78, 5) is 21.6. The third-order valence-electron chi connectivity index (χ3n) is 3.42. The fourth-order valence-corrected chi connectivity index (χ4v) is 2.14. The molecule has 3 rings (SSSR count). The van der Waals surface area contributed by atoms with Crippen LogP contribution in [0.4, 0.5) is 4.79 Å². The lowest BCUT2D eigenvalue weighted by Gasteiger charge is -1.99. The Balaban J connectivity index is 0.000000174. The van der Waals surface area contributed by atoms with E-state index in [1.165, 1.54) is 11.7 Å². The summed E-state index contributed by atoms with van der Waals surface area (Å²) in [6.07, 6.45) is 0.601. The molecule has 0 saturated heterocycles. The zero-order chi connectivity index (χ0) is 17.5. The molecule has 0 atom stereocenters. The Labute approximate surface area is 139 Å². The third kappa shape index (κ3) is 3.99. The van der Waals surface area contributed by atoms with Gasteiger partial charge in [0.05, 0.1) is 18.2 Å². The van der Waals surface area contributed by atoms with Gasteiger partial charge in [0.2, 0.25) is 0 Å². The number of hydrogen-bond acceptors (Lipinski definition) is 4. The highest BCUT2D eigenvalue weighted by Crippen LogP contribution is 2.14. The highest BCUT2D eigenvalue weighted by Gasteiger charge is 2.04. The van der Waals surface area contributed by atoms with Gasteiger partial charge in [-0.1, -0.05) is 30.3 Å². The highest BCUT2D eigenvalue weighted by molar-refractivity contribution is 5.89. The second-order valence-corrected chi connectivity index (χ2v) is 4.92. The Kier molecular flexibility index (Phi) is 5.70. The number of hydrogen-bond donors (Lipinski definition) is 2. The third-order valence-corrected chi connectivity index (χ3v) is 3.42. The molecule has 0 amide bonds. The fourth-order valence-electron chi connectivity index (χ4n) is 2.14. The Morgan fingerprint density at radius 3 is 2.33 bits per heavy atom. The number of fused-ring (bicyclic) bond motifs is 1. The van der Waals surface area contributed by atoms with E-state index in [1.54, 1.807) is 30.5 Å². The topological polar surface area (TPSA) is 94.6 Å². The molecular formula is C18H18N2O4. The first-order chi connectivity index (χ1) is 11.6. The van der Waals surface area contributed by atoms with E-state index in [2.05, 4.69) is 4.74 Å². The van der Waals surface area contributed by atoms with Crippen molar-refractivity contribution in [2.75, 3.05) is 7.11 Å². The molecule has 24 heavy (non-hydrogen) atoms. The number of carboxylic acid groups (broad SMARTS) is 1. The van der Waals surface area contributed by atoms with Crippen molar-refractivity contribution in [1.82, 2.24) is 4.57 Å². The standard InChI is InChI=1S/C9H7NO2.C9H11NO2/c11-9(12)10-6-5-7-3-1-2-4-8(7)10;1-12-9(11)8-4-2-7(6-10)3-5-8/h1-6H,(H,11,12);2-5H,6,10H2,1H3. The molecule has 2 aromatic carbocycles. The van der Waals surface area contributed by atoms with Crippen LogP contribution in [0.3, 0.4) is 0 Å². The van der Waals surface area contributed by atoms with Crippen LogP contribution < -0.4 is 5.73 Å². The summed E-state index contributed by atoms with van der Waals surface area (Å²) in [6, 6.07) is 16.2. The average Bonchev–Trinajstić information content (AvgIpc) is 3.06. The van der Waals surface area contributed by atoms with E-state index in [9.17, 15) is 9.59 Å². The first-order valence-electron chi connectivity index (χ1n) is 7.23. The summed E-state index contributed by atoms with van der Waals surface area (Å²) < 4.78 is 5.74. The maximum Gasteiger partial charge on any atom is 0.415 e.